The molecule has 0 heterocycles. The van der Waals surface area contributed by atoms with E-state index in [1.165, 1.54) is 24.3 Å². The van der Waals surface area contributed by atoms with E-state index in [9.17, 15) is 13.2 Å². The van der Waals surface area contributed by atoms with E-state index in [-0.39, 0.29) is 18.1 Å². The molecule has 0 spiro atoms. The Labute approximate surface area is 152 Å². The van der Waals surface area contributed by atoms with Crippen LogP contribution in [0.3, 0.4) is 0 Å². The van der Waals surface area contributed by atoms with Gasteiger partial charge in [0.15, 0.2) is 0 Å². The summed E-state index contributed by atoms with van der Waals surface area (Å²) in [6, 6.07) is 12.4. The van der Waals surface area contributed by atoms with E-state index >= 15 is 0 Å². The second-order valence-electron chi connectivity index (χ2n) is 5.37. The van der Waals surface area contributed by atoms with Crippen LogP contribution in [0.15, 0.2) is 53.4 Å². The lowest BCUT2D eigenvalue weighted by atomic mass is 10.2. The molecule has 0 saturated heterocycles. The summed E-state index contributed by atoms with van der Waals surface area (Å²) in [6.45, 7) is 2.84. The van der Waals surface area contributed by atoms with Crippen molar-refractivity contribution >= 4 is 16.0 Å². The first-order chi connectivity index (χ1) is 12.4. The van der Waals surface area contributed by atoms with E-state index < -0.39 is 16.0 Å². The molecule has 0 amide bonds. The van der Waals surface area contributed by atoms with Crippen LogP contribution in [0.1, 0.15) is 23.7 Å². The fourth-order valence-electron chi connectivity index (χ4n) is 2.01. The normalized spacial score (nSPS) is 11.0. The molecule has 2 aromatic rings. The van der Waals surface area contributed by atoms with Gasteiger partial charge in [0, 0.05) is 0 Å². The highest BCUT2D eigenvalue weighted by Crippen LogP contribution is 2.15. The number of sulfonamides is 1. The van der Waals surface area contributed by atoms with Crippen LogP contribution in [0, 0.1) is 0 Å². The van der Waals surface area contributed by atoms with Crippen molar-refractivity contribution in [2.45, 2.75) is 18.2 Å². The molecule has 0 atom stereocenters. The fraction of sp³-hybridized carbons (Fsp3) is 0.278. The van der Waals surface area contributed by atoms with Gasteiger partial charge in [0.2, 0.25) is 10.0 Å². The molecule has 0 aliphatic carbocycles. The van der Waals surface area contributed by atoms with Gasteiger partial charge in [0.1, 0.15) is 24.7 Å². The number of carbonyl (C=O) groups is 1. The maximum absolute atomic E-state index is 11.9. The lowest BCUT2D eigenvalue weighted by Crippen LogP contribution is -2.13. The van der Waals surface area contributed by atoms with Crippen LogP contribution in [0.4, 0.5) is 0 Å². The third-order valence-corrected chi connectivity index (χ3v) is 4.23. The Balaban J connectivity index is 1.76. The number of ether oxygens (including phenoxy) is 3. The predicted molar refractivity (Wildman–Crippen MR) is 95.8 cm³/mol. The number of rotatable bonds is 9. The number of nitrogens with two attached hydrogens (primary N) is 1. The number of esters is 1. The third kappa shape index (κ3) is 6.05. The van der Waals surface area contributed by atoms with Gasteiger partial charge in [-0.3, -0.25) is 0 Å². The van der Waals surface area contributed by atoms with Crippen LogP contribution < -0.4 is 14.6 Å². The van der Waals surface area contributed by atoms with E-state index in [1.54, 1.807) is 24.3 Å². The smallest absolute Gasteiger partial charge is 0.338 e. The molecule has 0 aliphatic rings. The number of carbonyl (C=O) groups excluding carboxylic acids is 1. The first kappa shape index (κ1) is 19.7. The number of hydrogen-bond donors (Lipinski definition) is 1. The zero-order valence-electron chi connectivity index (χ0n) is 14.4. The monoisotopic (exact) mass is 379 g/mol. The standard InChI is InChI=1S/C18H21NO6S/c1-2-11-23-15-5-3-14(4-6-15)18(20)25-13-12-24-16-7-9-17(10-8-16)26(19,21)22/h3-10H,2,11-13H2,1H3,(H2,19,21,22). The highest BCUT2D eigenvalue weighted by Gasteiger charge is 2.09. The summed E-state index contributed by atoms with van der Waals surface area (Å²) in [7, 11) is -3.73. The molecule has 0 fully saturated rings. The van der Waals surface area contributed by atoms with Crippen LogP contribution in [0.5, 0.6) is 11.5 Å². The molecule has 0 bridgehead atoms. The van der Waals surface area contributed by atoms with E-state index in [0.717, 1.165) is 6.42 Å². The molecule has 140 valence electrons. The van der Waals surface area contributed by atoms with Crippen molar-refractivity contribution in [3.05, 3.63) is 54.1 Å². The Kier molecular flexibility index (Phi) is 6.99. The van der Waals surface area contributed by atoms with Gasteiger partial charge in [-0.15, -0.1) is 0 Å². The minimum Gasteiger partial charge on any atom is -0.494 e. The molecule has 0 aliphatic heterocycles. The average Bonchev–Trinajstić information content (AvgIpc) is 2.63. The topological polar surface area (TPSA) is 105 Å². The molecule has 26 heavy (non-hydrogen) atoms. The van der Waals surface area contributed by atoms with Gasteiger partial charge in [-0.1, -0.05) is 6.92 Å². The minimum absolute atomic E-state index is 0.00245. The van der Waals surface area contributed by atoms with E-state index in [2.05, 4.69) is 0 Å². The third-order valence-electron chi connectivity index (χ3n) is 3.30. The zero-order chi connectivity index (χ0) is 19.0. The Hall–Kier alpha value is -2.58. The van der Waals surface area contributed by atoms with Crippen molar-refractivity contribution in [1.82, 2.24) is 0 Å². The van der Waals surface area contributed by atoms with Crippen LogP contribution in [-0.2, 0) is 14.8 Å². The summed E-state index contributed by atoms with van der Waals surface area (Å²) < 4.78 is 38.3. The summed E-state index contributed by atoms with van der Waals surface area (Å²) in [4.78, 5) is 11.9. The lowest BCUT2D eigenvalue weighted by Gasteiger charge is -2.09. The average molecular weight is 379 g/mol. The van der Waals surface area contributed by atoms with Gasteiger partial charge >= 0.3 is 5.97 Å². The molecule has 0 radical (unpaired) electrons. The van der Waals surface area contributed by atoms with E-state index in [0.29, 0.717) is 23.7 Å². The van der Waals surface area contributed by atoms with Crippen molar-refractivity contribution in [2.75, 3.05) is 19.8 Å². The molecular weight excluding hydrogens is 358 g/mol. The second kappa shape index (κ2) is 9.21. The van der Waals surface area contributed by atoms with Crippen LogP contribution in [0.25, 0.3) is 0 Å². The van der Waals surface area contributed by atoms with Crippen molar-refractivity contribution in [1.29, 1.82) is 0 Å². The van der Waals surface area contributed by atoms with Crippen LogP contribution in [-0.4, -0.2) is 34.2 Å². The zero-order valence-corrected chi connectivity index (χ0v) is 15.2. The summed E-state index contributed by atoms with van der Waals surface area (Å²) >= 11 is 0. The Morgan fingerprint density at radius 1 is 0.885 bits per heavy atom. The van der Waals surface area contributed by atoms with Crippen LogP contribution in [0.2, 0.25) is 0 Å². The molecule has 0 aromatic heterocycles. The number of benzene rings is 2. The molecule has 2 aromatic carbocycles. The number of primary sulfonamides is 1. The Morgan fingerprint density at radius 3 is 1.96 bits per heavy atom. The summed E-state index contributed by atoms with van der Waals surface area (Å²) in [5.74, 6) is 0.695. The lowest BCUT2D eigenvalue weighted by molar-refractivity contribution is 0.0450. The van der Waals surface area contributed by atoms with Gasteiger partial charge in [-0.25, -0.2) is 18.4 Å². The quantitative estimate of drug-likeness (QED) is 0.530. The highest BCUT2D eigenvalue weighted by molar-refractivity contribution is 7.89. The minimum atomic E-state index is -3.73. The first-order valence-electron chi connectivity index (χ1n) is 8.06. The molecule has 2 rings (SSSR count). The molecule has 2 N–H and O–H groups in total. The van der Waals surface area contributed by atoms with E-state index in [1.807, 2.05) is 6.92 Å². The second-order valence-corrected chi connectivity index (χ2v) is 6.94. The molecule has 0 saturated carbocycles. The summed E-state index contributed by atoms with van der Waals surface area (Å²) in [5, 5.41) is 5.02. The SMILES string of the molecule is CCCOc1ccc(C(=O)OCCOc2ccc(S(N)(=O)=O)cc2)cc1. The van der Waals surface area contributed by atoms with Gasteiger partial charge in [-0.2, -0.15) is 0 Å². The summed E-state index contributed by atoms with van der Waals surface area (Å²) in [5.41, 5.74) is 0.423. The Bertz CT molecular complexity index is 816. The largest absolute Gasteiger partial charge is 0.494 e. The van der Waals surface area contributed by atoms with Gasteiger partial charge in [0.05, 0.1) is 17.1 Å². The maximum Gasteiger partial charge on any atom is 0.338 e. The van der Waals surface area contributed by atoms with Gasteiger partial charge in [-0.05, 0) is 55.0 Å². The molecular formula is C18H21NO6S. The summed E-state index contributed by atoms with van der Waals surface area (Å²) in [6.07, 6.45) is 0.911. The van der Waals surface area contributed by atoms with Crippen molar-refractivity contribution in [2.24, 2.45) is 5.14 Å². The molecule has 0 unspecified atom stereocenters. The van der Waals surface area contributed by atoms with Gasteiger partial charge in [0.25, 0.3) is 0 Å². The van der Waals surface area contributed by atoms with Gasteiger partial charge < -0.3 is 14.2 Å². The molecule has 7 nitrogen and oxygen atoms in total. The van der Waals surface area contributed by atoms with Crippen LogP contribution >= 0.6 is 0 Å². The fourth-order valence-corrected chi connectivity index (χ4v) is 2.53. The van der Waals surface area contributed by atoms with Crippen molar-refractivity contribution < 1.29 is 27.4 Å². The maximum atomic E-state index is 11.9. The number of hydrogen-bond acceptors (Lipinski definition) is 6. The van der Waals surface area contributed by atoms with Crippen molar-refractivity contribution in [3.8, 4) is 11.5 Å². The van der Waals surface area contributed by atoms with E-state index in [4.69, 9.17) is 19.3 Å². The Morgan fingerprint density at radius 2 is 1.42 bits per heavy atom. The molecule has 8 heteroatoms. The predicted octanol–water partition coefficient (Wildman–Crippen LogP) is 2.36. The first-order valence-corrected chi connectivity index (χ1v) is 9.60. The highest BCUT2D eigenvalue weighted by atomic mass is 32.2. The van der Waals surface area contributed by atoms with Crippen molar-refractivity contribution in [3.63, 3.8) is 0 Å².